The second-order valence-electron chi connectivity index (χ2n) is 1.29. The lowest BCUT2D eigenvalue weighted by molar-refractivity contribution is -0.148. The number of carboxylic acid groups (broad SMARTS) is 1. The molecule has 0 saturated carbocycles. The highest BCUT2D eigenvalue weighted by molar-refractivity contribution is 6.33. The van der Waals surface area contributed by atoms with E-state index in [1.165, 1.54) is 6.08 Å². The van der Waals surface area contributed by atoms with E-state index >= 15 is 0 Å². The Labute approximate surface area is 56.9 Å². The molecule has 0 heterocycles. The van der Waals surface area contributed by atoms with Crippen molar-refractivity contribution < 1.29 is 14.7 Å². The molecule has 0 aromatic rings. The lowest BCUT2D eigenvalue weighted by Gasteiger charge is -1.83. The van der Waals surface area contributed by atoms with Gasteiger partial charge in [0.15, 0.2) is 0 Å². The molecular formula is C5H5ClO3. The molecule has 0 bridgehead atoms. The van der Waals surface area contributed by atoms with Gasteiger partial charge in [0.2, 0.25) is 5.78 Å². The van der Waals surface area contributed by atoms with Crippen molar-refractivity contribution in [3.63, 3.8) is 0 Å². The van der Waals surface area contributed by atoms with Gasteiger partial charge in [0.05, 0.1) is 0 Å². The van der Waals surface area contributed by atoms with Crippen LogP contribution in [0.2, 0.25) is 0 Å². The van der Waals surface area contributed by atoms with Crippen molar-refractivity contribution in [3.8, 4) is 0 Å². The second-order valence-corrected chi connectivity index (χ2v) is 1.55. The molecule has 1 N–H and O–H groups in total. The van der Waals surface area contributed by atoms with Crippen molar-refractivity contribution in [2.45, 2.75) is 6.42 Å². The fourth-order valence-corrected chi connectivity index (χ4v) is 0.328. The van der Waals surface area contributed by atoms with E-state index < -0.39 is 11.8 Å². The largest absolute Gasteiger partial charge is 0.475 e. The molecule has 0 aromatic carbocycles. The predicted molar refractivity (Wildman–Crippen MR) is 32.3 cm³/mol. The average molecular weight is 149 g/mol. The third-order valence-electron chi connectivity index (χ3n) is 0.631. The summed E-state index contributed by atoms with van der Waals surface area (Å²) >= 11 is 5.02. The van der Waals surface area contributed by atoms with Crippen molar-refractivity contribution in [1.29, 1.82) is 0 Å². The molecule has 9 heavy (non-hydrogen) atoms. The van der Waals surface area contributed by atoms with Crippen LogP contribution in [0.1, 0.15) is 6.42 Å². The van der Waals surface area contributed by atoms with Crippen LogP contribution in [0.3, 0.4) is 0 Å². The zero-order valence-electron chi connectivity index (χ0n) is 4.50. The minimum atomic E-state index is -1.43. The molecule has 0 rings (SSSR count). The Morgan fingerprint density at radius 2 is 2.11 bits per heavy atom. The van der Waals surface area contributed by atoms with Gasteiger partial charge in [-0.2, -0.15) is 0 Å². The molecule has 50 valence electrons. The molecule has 0 radical (unpaired) electrons. The van der Waals surface area contributed by atoms with Gasteiger partial charge >= 0.3 is 5.97 Å². The van der Waals surface area contributed by atoms with Gasteiger partial charge in [-0.05, 0) is 0 Å². The summed E-state index contributed by atoms with van der Waals surface area (Å²) in [5.74, 6) is -2.28. The van der Waals surface area contributed by atoms with Gasteiger partial charge in [0.1, 0.15) is 0 Å². The molecule has 0 aliphatic rings. The Balaban J connectivity index is 3.65. The topological polar surface area (TPSA) is 54.4 Å². The number of aliphatic carboxylic acids is 1. The summed E-state index contributed by atoms with van der Waals surface area (Å²) in [4.78, 5) is 20.0. The number of carbonyl (C=O) groups is 2. The molecule has 0 unspecified atom stereocenters. The van der Waals surface area contributed by atoms with Crippen LogP contribution in [-0.2, 0) is 9.59 Å². The summed E-state index contributed by atoms with van der Waals surface area (Å²) in [7, 11) is 0. The van der Waals surface area contributed by atoms with Crippen LogP contribution in [0.4, 0.5) is 0 Å². The summed E-state index contributed by atoms with van der Waals surface area (Å²) < 4.78 is 0. The van der Waals surface area contributed by atoms with Gasteiger partial charge in [0, 0.05) is 12.0 Å². The van der Waals surface area contributed by atoms with E-state index in [0.717, 1.165) is 5.54 Å². The standard InChI is InChI=1S/C5H5ClO3/c6-3-1-2-4(7)5(8)9/h1,3H,2H2,(H,8,9)/b3-1+. The quantitative estimate of drug-likeness (QED) is 0.602. The van der Waals surface area contributed by atoms with Gasteiger partial charge in [-0.3, -0.25) is 4.79 Å². The SMILES string of the molecule is O=C(O)C(=O)C/C=C/Cl. The Kier molecular flexibility index (Phi) is 3.71. The summed E-state index contributed by atoms with van der Waals surface area (Å²) in [6.45, 7) is 0. The van der Waals surface area contributed by atoms with Crippen molar-refractivity contribution in [2.24, 2.45) is 0 Å². The number of ketones is 1. The summed E-state index contributed by atoms with van der Waals surface area (Å²) in [6, 6.07) is 0. The van der Waals surface area contributed by atoms with Crippen LogP contribution in [0.15, 0.2) is 11.6 Å². The summed E-state index contributed by atoms with van der Waals surface area (Å²) in [6.07, 6.45) is 1.14. The first-order valence-electron chi connectivity index (χ1n) is 2.20. The maximum absolute atomic E-state index is 10.2. The van der Waals surface area contributed by atoms with Crippen LogP contribution >= 0.6 is 11.6 Å². The third-order valence-corrected chi connectivity index (χ3v) is 0.809. The van der Waals surface area contributed by atoms with Gasteiger partial charge in [0.25, 0.3) is 0 Å². The predicted octanol–water partition coefficient (Wildman–Crippen LogP) is 0.783. The maximum atomic E-state index is 10.2. The van der Waals surface area contributed by atoms with Crippen LogP contribution in [0.25, 0.3) is 0 Å². The highest BCUT2D eigenvalue weighted by Gasteiger charge is 2.06. The van der Waals surface area contributed by atoms with Crippen LogP contribution in [-0.4, -0.2) is 16.9 Å². The molecule has 0 amide bonds. The number of hydrogen-bond acceptors (Lipinski definition) is 2. The number of allylic oxidation sites excluding steroid dienone is 1. The van der Waals surface area contributed by atoms with Gasteiger partial charge < -0.3 is 5.11 Å². The number of carbonyl (C=O) groups excluding carboxylic acids is 1. The highest BCUT2D eigenvalue weighted by Crippen LogP contribution is 1.87. The van der Waals surface area contributed by atoms with E-state index in [1.54, 1.807) is 0 Å². The van der Waals surface area contributed by atoms with Crippen LogP contribution in [0, 0.1) is 0 Å². The minimum Gasteiger partial charge on any atom is -0.475 e. The molecule has 0 aromatic heterocycles. The Morgan fingerprint density at radius 3 is 2.44 bits per heavy atom. The molecule has 0 spiro atoms. The molecule has 0 aliphatic carbocycles. The highest BCUT2D eigenvalue weighted by atomic mass is 35.5. The molecule has 0 aliphatic heterocycles. The van der Waals surface area contributed by atoms with E-state index in [4.69, 9.17) is 16.7 Å². The third kappa shape index (κ3) is 3.73. The second kappa shape index (κ2) is 4.09. The fourth-order valence-electron chi connectivity index (χ4n) is 0.239. The van der Waals surface area contributed by atoms with E-state index in [2.05, 4.69) is 0 Å². The van der Waals surface area contributed by atoms with E-state index in [1.807, 2.05) is 0 Å². The fraction of sp³-hybridized carbons (Fsp3) is 0.200. The van der Waals surface area contributed by atoms with E-state index in [-0.39, 0.29) is 6.42 Å². The van der Waals surface area contributed by atoms with Gasteiger partial charge in [-0.1, -0.05) is 17.7 Å². The van der Waals surface area contributed by atoms with E-state index in [9.17, 15) is 9.59 Å². The number of halogens is 1. The first-order chi connectivity index (χ1) is 4.18. The van der Waals surface area contributed by atoms with Crippen LogP contribution < -0.4 is 0 Å². The minimum absolute atomic E-state index is 0.140. The normalized spacial score (nSPS) is 9.89. The van der Waals surface area contributed by atoms with Gasteiger partial charge in [-0.25, -0.2) is 4.79 Å². The number of rotatable bonds is 3. The number of carboxylic acids is 1. The van der Waals surface area contributed by atoms with Crippen molar-refractivity contribution >= 4 is 23.4 Å². The van der Waals surface area contributed by atoms with Crippen molar-refractivity contribution in [3.05, 3.63) is 11.6 Å². The molecule has 0 saturated heterocycles. The zero-order chi connectivity index (χ0) is 7.28. The monoisotopic (exact) mass is 148 g/mol. The molecule has 4 heteroatoms. The van der Waals surface area contributed by atoms with Crippen molar-refractivity contribution in [1.82, 2.24) is 0 Å². The Bertz CT molecular complexity index is 150. The lowest BCUT2D eigenvalue weighted by Crippen LogP contribution is -2.10. The number of hydrogen-bond donors (Lipinski definition) is 1. The molecular weight excluding hydrogens is 144 g/mol. The van der Waals surface area contributed by atoms with Crippen LogP contribution in [0.5, 0.6) is 0 Å². The summed E-state index contributed by atoms with van der Waals surface area (Å²) in [5.41, 5.74) is 1.11. The summed E-state index contributed by atoms with van der Waals surface area (Å²) in [5, 5.41) is 7.98. The average Bonchev–Trinajstić information content (AvgIpc) is 1.82. The lowest BCUT2D eigenvalue weighted by atomic mass is 10.3. The van der Waals surface area contributed by atoms with Gasteiger partial charge in [-0.15, -0.1) is 0 Å². The molecule has 0 fully saturated rings. The zero-order valence-corrected chi connectivity index (χ0v) is 5.26. The van der Waals surface area contributed by atoms with Crippen molar-refractivity contribution in [2.75, 3.05) is 0 Å². The first kappa shape index (κ1) is 8.17. The van der Waals surface area contributed by atoms with E-state index in [0.29, 0.717) is 0 Å². The Hall–Kier alpha value is -0.830. The Morgan fingerprint density at radius 1 is 1.56 bits per heavy atom. The maximum Gasteiger partial charge on any atom is 0.372 e. The number of Topliss-reactive ketones (excluding diaryl/α,β-unsaturated/α-hetero) is 1. The smallest absolute Gasteiger partial charge is 0.372 e. The molecule has 0 atom stereocenters. The molecule has 3 nitrogen and oxygen atoms in total. The first-order valence-corrected chi connectivity index (χ1v) is 2.63.